The van der Waals surface area contributed by atoms with Gasteiger partial charge in [-0.05, 0) is 6.42 Å². The lowest BCUT2D eigenvalue weighted by Gasteiger charge is -2.06. The first kappa shape index (κ1) is 9.33. The second-order valence-electron chi connectivity index (χ2n) is 2.89. The molecule has 0 amide bonds. The summed E-state index contributed by atoms with van der Waals surface area (Å²) in [6.07, 6.45) is 2.19. The number of fused-ring (bicyclic) bond motifs is 1. The molecule has 5 heteroatoms. The molecule has 0 atom stereocenters. The molecule has 1 N–H and O–H groups in total. The number of rotatable bonds is 2. The van der Waals surface area contributed by atoms with Crippen molar-refractivity contribution >= 4 is 17.7 Å². The van der Waals surface area contributed by atoms with Gasteiger partial charge in [-0.15, -0.1) is 11.8 Å². The van der Waals surface area contributed by atoms with E-state index >= 15 is 0 Å². The molecule has 4 nitrogen and oxygen atoms in total. The van der Waals surface area contributed by atoms with Crippen LogP contribution in [0.2, 0.25) is 0 Å². The van der Waals surface area contributed by atoms with E-state index in [1.807, 2.05) is 0 Å². The quantitative estimate of drug-likeness (QED) is 0.802. The molecule has 0 fully saturated rings. The van der Waals surface area contributed by atoms with Crippen molar-refractivity contribution in [2.75, 3.05) is 12.9 Å². The fourth-order valence-electron chi connectivity index (χ4n) is 1.49. The number of aromatic carboxylic acids is 1. The molecule has 0 aromatic carbocycles. The summed E-state index contributed by atoms with van der Waals surface area (Å²) in [5.41, 5.74) is 1.21. The fourth-order valence-corrected chi connectivity index (χ4v) is 2.66. The summed E-state index contributed by atoms with van der Waals surface area (Å²) in [6.45, 7) is 0. The molecule has 0 spiro atoms. The number of hydrogen-bond donors (Lipinski definition) is 1. The zero-order valence-electron chi connectivity index (χ0n) is 7.61. The highest BCUT2D eigenvalue weighted by molar-refractivity contribution is 7.99. The Morgan fingerprint density at radius 3 is 3.14 bits per heavy atom. The van der Waals surface area contributed by atoms with Gasteiger partial charge in [0.05, 0.1) is 12.7 Å². The zero-order valence-corrected chi connectivity index (χ0v) is 8.43. The van der Waals surface area contributed by atoms with Crippen LogP contribution in [0.1, 0.15) is 15.9 Å². The molecular formula is C9H9NO3S. The summed E-state index contributed by atoms with van der Waals surface area (Å²) in [5.74, 6) is 0.526. The SMILES string of the molecule is COc1ncc(C(=O)O)c2c1CCS2. The predicted molar refractivity (Wildman–Crippen MR) is 52.2 cm³/mol. The Kier molecular flexibility index (Phi) is 2.33. The van der Waals surface area contributed by atoms with Crippen molar-refractivity contribution < 1.29 is 14.6 Å². The zero-order chi connectivity index (χ0) is 10.1. The molecule has 1 aromatic heterocycles. The Hall–Kier alpha value is -1.23. The van der Waals surface area contributed by atoms with Crippen LogP contribution in [0.15, 0.2) is 11.1 Å². The van der Waals surface area contributed by atoms with Crippen molar-refractivity contribution in [3.63, 3.8) is 0 Å². The Morgan fingerprint density at radius 2 is 2.50 bits per heavy atom. The van der Waals surface area contributed by atoms with E-state index in [9.17, 15) is 4.79 Å². The molecule has 1 aliphatic rings. The molecule has 0 saturated carbocycles. The van der Waals surface area contributed by atoms with E-state index in [2.05, 4.69) is 4.98 Å². The molecule has 0 bridgehead atoms. The summed E-state index contributed by atoms with van der Waals surface area (Å²) in [7, 11) is 1.55. The molecule has 0 saturated heterocycles. The van der Waals surface area contributed by atoms with Crippen molar-refractivity contribution in [2.45, 2.75) is 11.3 Å². The lowest BCUT2D eigenvalue weighted by atomic mass is 10.1. The number of carbonyl (C=O) groups is 1. The largest absolute Gasteiger partial charge is 0.481 e. The van der Waals surface area contributed by atoms with Gasteiger partial charge in [-0.25, -0.2) is 9.78 Å². The topological polar surface area (TPSA) is 59.4 Å². The molecule has 74 valence electrons. The van der Waals surface area contributed by atoms with E-state index in [0.717, 1.165) is 22.6 Å². The van der Waals surface area contributed by atoms with Crippen LogP contribution in [0.3, 0.4) is 0 Å². The number of nitrogens with zero attached hydrogens (tertiary/aromatic N) is 1. The average Bonchev–Trinajstić information content (AvgIpc) is 2.64. The maximum Gasteiger partial charge on any atom is 0.338 e. The molecular weight excluding hydrogens is 202 g/mol. The third kappa shape index (κ3) is 1.33. The van der Waals surface area contributed by atoms with Crippen LogP contribution < -0.4 is 4.74 Å². The molecule has 0 radical (unpaired) electrons. The number of carboxylic acids is 1. The van der Waals surface area contributed by atoms with Crippen molar-refractivity contribution in [3.05, 3.63) is 17.3 Å². The minimum atomic E-state index is -0.925. The number of hydrogen-bond acceptors (Lipinski definition) is 4. The van der Waals surface area contributed by atoms with Crippen LogP contribution in [0, 0.1) is 0 Å². The number of methoxy groups -OCH3 is 1. The maximum atomic E-state index is 10.9. The van der Waals surface area contributed by atoms with Gasteiger partial charge in [-0.2, -0.15) is 0 Å². The molecule has 1 aliphatic heterocycles. The number of carboxylic acid groups (broad SMARTS) is 1. The summed E-state index contributed by atoms with van der Waals surface area (Å²) in [6, 6.07) is 0. The van der Waals surface area contributed by atoms with Gasteiger partial charge in [0.1, 0.15) is 0 Å². The van der Waals surface area contributed by atoms with Gasteiger partial charge in [-0.3, -0.25) is 0 Å². The number of thioether (sulfide) groups is 1. The minimum absolute atomic E-state index is 0.281. The van der Waals surface area contributed by atoms with Gasteiger partial charge in [0.2, 0.25) is 5.88 Å². The molecule has 2 heterocycles. The first-order valence-electron chi connectivity index (χ1n) is 4.16. The lowest BCUT2D eigenvalue weighted by Crippen LogP contribution is -2.03. The Bertz CT molecular complexity index is 392. The predicted octanol–water partition coefficient (Wildman–Crippen LogP) is 1.44. The third-order valence-electron chi connectivity index (χ3n) is 2.11. The first-order valence-corrected chi connectivity index (χ1v) is 5.14. The van der Waals surface area contributed by atoms with E-state index in [-0.39, 0.29) is 5.56 Å². The minimum Gasteiger partial charge on any atom is -0.481 e. The van der Waals surface area contributed by atoms with Crippen LogP contribution in [0.25, 0.3) is 0 Å². The van der Waals surface area contributed by atoms with Gasteiger partial charge in [0.15, 0.2) is 0 Å². The lowest BCUT2D eigenvalue weighted by molar-refractivity contribution is 0.0692. The smallest absolute Gasteiger partial charge is 0.338 e. The number of pyridine rings is 1. The van der Waals surface area contributed by atoms with Crippen molar-refractivity contribution in [1.29, 1.82) is 0 Å². The fraction of sp³-hybridized carbons (Fsp3) is 0.333. The highest BCUT2D eigenvalue weighted by Crippen LogP contribution is 2.38. The summed E-state index contributed by atoms with van der Waals surface area (Å²) >= 11 is 1.55. The molecule has 1 aromatic rings. The van der Waals surface area contributed by atoms with Crippen molar-refractivity contribution in [2.24, 2.45) is 0 Å². The monoisotopic (exact) mass is 211 g/mol. The number of ether oxygens (including phenoxy) is 1. The highest BCUT2D eigenvalue weighted by atomic mass is 32.2. The summed E-state index contributed by atoms with van der Waals surface area (Å²) in [4.78, 5) is 15.6. The number of aromatic nitrogens is 1. The molecule has 2 rings (SSSR count). The van der Waals surface area contributed by atoms with E-state index in [4.69, 9.17) is 9.84 Å². The second kappa shape index (κ2) is 3.49. The van der Waals surface area contributed by atoms with E-state index < -0.39 is 5.97 Å². The molecule has 0 aliphatic carbocycles. The van der Waals surface area contributed by atoms with Gasteiger partial charge in [0.25, 0.3) is 0 Å². The first-order chi connectivity index (χ1) is 6.74. The van der Waals surface area contributed by atoms with Gasteiger partial charge in [0, 0.05) is 22.4 Å². The summed E-state index contributed by atoms with van der Waals surface area (Å²) in [5, 5.41) is 8.92. The van der Waals surface area contributed by atoms with Gasteiger partial charge in [-0.1, -0.05) is 0 Å². The van der Waals surface area contributed by atoms with E-state index in [1.165, 1.54) is 6.20 Å². The Morgan fingerprint density at radius 1 is 1.71 bits per heavy atom. The third-order valence-corrected chi connectivity index (χ3v) is 3.27. The highest BCUT2D eigenvalue weighted by Gasteiger charge is 2.23. The van der Waals surface area contributed by atoms with Crippen LogP contribution >= 0.6 is 11.8 Å². The van der Waals surface area contributed by atoms with Crippen LogP contribution in [0.4, 0.5) is 0 Å². The van der Waals surface area contributed by atoms with Crippen molar-refractivity contribution in [3.8, 4) is 5.88 Å². The van der Waals surface area contributed by atoms with Crippen molar-refractivity contribution in [1.82, 2.24) is 4.98 Å². The van der Waals surface area contributed by atoms with Crippen LogP contribution in [-0.4, -0.2) is 28.9 Å². The van der Waals surface area contributed by atoms with Crippen LogP contribution in [-0.2, 0) is 6.42 Å². The Balaban J connectivity index is 2.58. The van der Waals surface area contributed by atoms with E-state index in [1.54, 1.807) is 18.9 Å². The maximum absolute atomic E-state index is 10.9. The molecule has 0 unspecified atom stereocenters. The van der Waals surface area contributed by atoms with Gasteiger partial charge < -0.3 is 9.84 Å². The second-order valence-corrected chi connectivity index (χ2v) is 4.00. The van der Waals surface area contributed by atoms with E-state index in [0.29, 0.717) is 5.88 Å². The molecule has 14 heavy (non-hydrogen) atoms. The standard InChI is InChI=1S/C9H9NO3S/c1-13-8-5-2-3-14-7(5)6(4-10-8)9(11)12/h4H,2-3H2,1H3,(H,11,12). The Labute approximate surface area is 85.3 Å². The normalized spacial score (nSPS) is 13.8. The van der Waals surface area contributed by atoms with Gasteiger partial charge >= 0.3 is 5.97 Å². The summed E-state index contributed by atoms with van der Waals surface area (Å²) < 4.78 is 5.07. The average molecular weight is 211 g/mol. The van der Waals surface area contributed by atoms with Crippen LogP contribution in [0.5, 0.6) is 5.88 Å².